The van der Waals surface area contributed by atoms with Gasteiger partial charge in [-0.15, -0.1) is 0 Å². The van der Waals surface area contributed by atoms with Crippen molar-refractivity contribution in [1.29, 1.82) is 0 Å². The third-order valence-corrected chi connectivity index (χ3v) is 8.55. The molecule has 0 aliphatic heterocycles. The van der Waals surface area contributed by atoms with Crippen LogP contribution in [0.1, 0.15) is 24.5 Å². The number of anilines is 6. The number of aryl methyl sites for hydroxylation is 2. The molecular formula is C42H36N2. The second-order valence-corrected chi connectivity index (χ2v) is 11.3. The van der Waals surface area contributed by atoms with Gasteiger partial charge in [-0.05, 0) is 119 Å². The van der Waals surface area contributed by atoms with Crippen molar-refractivity contribution in [1.82, 2.24) is 0 Å². The van der Waals surface area contributed by atoms with Gasteiger partial charge >= 0.3 is 0 Å². The predicted octanol–water partition coefficient (Wildman–Crippen LogP) is 12.2. The molecule has 2 heteroatoms. The molecule has 0 aliphatic carbocycles. The molecule has 0 saturated heterocycles. The first-order valence-corrected chi connectivity index (χ1v) is 15.5. The monoisotopic (exact) mass is 568 g/mol. The molecule has 0 aromatic heterocycles. The van der Waals surface area contributed by atoms with Gasteiger partial charge in [0.2, 0.25) is 0 Å². The Kier molecular flexibility index (Phi) is 7.56. The van der Waals surface area contributed by atoms with E-state index in [-0.39, 0.29) is 0 Å². The first-order valence-electron chi connectivity index (χ1n) is 15.5. The van der Waals surface area contributed by atoms with Crippen molar-refractivity contribution in [2.24, 2.45) is 0 Å². The number of rotatable bonds is 8. The minimum atomic E-state index is 1.03. The number of nitrogens with zero attached hydrogens (tertiary/aromatic N) is 2. The average molecular weight is 569 g/mol. The molecule has 0 saturated carbocycles. The molecule has 0 spiro atoms. The lowest BCUT2D eigenvalue weighted by atomic mass is 9.89. The van der Waals surface area contributed by atoms with E-state index in [0.717, 1.165) is 41.3 Å². The van der Waals surface area contributed by atoms with Crippen LogP contribution < -0.4 is 9.80 Å². The van der Waals surface area contributed by atoms with Gasteiger partial charge in [0, 0.05) is 34.1 Å². The highest BCUT2D eigenvalue weighted by atomic mass is 15.1. The zero-order valence-electron chi connectivity index (χ0n) is 25.3. The summed E-state index contributed by atoms with van der Waals surface area (Å²) in [6.45, 7) is 4.59. The van der Waals surface area contributed by atoms with Gasteiger partial charge in [-0.3, -0.25) is 0 Å². The van der Waals surface area contributed by atoms with Gasteiger partial charge < -0.3 is 9.80 Å². The van der Waals surface area contributed by atoms with E-state index < -0.39 is 0 Å². The summed E-state index contributed by atoms with van der Waals surface area (Å²) >= 11 is 0. The number of hydrogen-bond acceptors (Lipinski definition) is 2. The van der Waals surface area contributed by atoms with Crippen LogP contribution in [0.2, 0.25) is 0 Å². The van der Waals surface area contributed by atoms with Crippen LogP contribution in [-0.2, 0) is 6.42 Å². The maximum absolute atomic E-state index is 2.40. The molecule has 0 N–H and O–H groups in total. The van der Waals surface area contributed by atoms with E-state index in [4.69, 9.17) is 0 Å². The molecule has 0 heterocycles. The van der Waals surface area contributed by atoms with Crippen molar-refractivity contribution < 1.29 is 0 Å². The Morgan fingerprint density at radius 1 is 0.386 bits per heavy atom. The molecule has 0 bridgehead atoms. The molecular weight excluding hydrogens is 532 g/mol. The Morgan fingerprint density at radius 3 is 1.14 bits per heavy atom. The molecule has 7 aromatic rings. The molecule has 7 rings (SSSR count). The van der Waals surface area contributed by atoms with E-state index in [1.54, 1.807) is 0 Å². The highest BCUT2D eigenvalue weighted by molar-refractivity contribution is 6.12. The van der Waals surface area contributed by atoms with Gasteiger partial charge in [0.25, 0.3) is 0 Å². The predicted molar refractivity (Wildman–Crippen MR) is 190 cm³/mol. The van der Waals surface area contributed by atoms with E-state index in [9.17, 15) is 0 Å². The van der Waals surface area contributed by atoms with E-state index in [1.165, 1.54) is 38.4 Å². The smallest absolute Gasteiger partial charge is 0.0468 e. The van der Waals surface area contributed by atoms with Crippen molar-refractivity contribution >= 4 is 55.7 Å². The molecule has 7 aromatic carbocycles. The molecule has 0 fully saturated rings. The Hall–Kier alpha value is -5.34. The molecule has 0 atom stereocenters. The zero-order chi connectivity index (χ0) is 29.9. The number of para-hydroxylation sites is 4. The Balaban J connectivity index is 1.43. The third kappa shape index (κ3) is 5.09. The van der Waals surface area contributed by atoms with Crippen LogP contribution in [0.15, 0.2) is 158 Å². The molecule has 0 amide bonds. The van der Waals surface area contributed by atoms with Gasteiger partial charge in [0.05, 0.1) is 0 Å². The minimum Gasteiger partial charge on any atom is -0.310 e. The van der Waals surface area contributed by atoms with Crippen molar-refractivity contribution in [3.05, 3.63) is 169 Å². The molecule has 214 valence electrons. The first kappa shape index (κ1) is 27.5. The molecule has 0 aliphatic rings. The summed E-state index contributed by atoms with van der Waals surface area (Å²) in [5.74, 6) is 0. The van der Waals surface area contributed by atoms with Crippen molar-refractivity contribution in [3.63, 3.8) is 0 Å². The Morgan fingerprint density at radius 2 is 0.750 bits per heavy atom. The number of fused-ring (bicyclic) bond motifs is 3. The molecule has 0 radical (unpaired) electrons. The summed E-state index contributed by atoms with van der Waals surface area (Å²) in [4.78, 5) is 4.71. The third-order valence-electron chi connectivity index (χ3n) is 8.55. The first-order chi connectivity index (χ1) is 21.7. The van der Waals surface area contributed by atoms with Crippen molar-refractivity contribution in [3.8, 4) is 0 Å². The Labute approximate surface area is 260 Å². The SMILES string of the molecule is CCCc1c(C)c2cc(N(c3ccccc3)c3ccccc3)ccc2c2ccc(N(c3ccccc3)c3ccccc3)cc12. The van der Waals surface area contributed by atoms with Crippen molar-refractivity contribution in [2.45, 2.75) is 26.7 Å². The van der Waals surface area contributed by atoms with E-state index in [2.05, 4.69) is 181 Å². The molecule has 0 unspecified atom stereocenters. The topological polar surface area (TPSA) is 6.48 Å². The summed E-state index contributed by atoms with van der Waals surface area (Å²) in [5.41, 5.74) is 9.73. The lowest BCUT2D eigenvalue weighted by Crippen LogP contribution is -2.10. The van der Waals surface area contributed by atoms with Gasteiger partial charge in [-0.25, -0.2) is 0 Å². The van der Waals surface area contributed by atoms with Gasteiger partial charge in [-0.2, -0.15) is 0 Å². The van der Waals surface area contributed by atoms with Crippen LogP contribution in [0.25, 0.3) is 21.5 Å². The second kappa shape index (κ2) is 12.1. The fourth-order valence-corrected chi connectivity index (χ4v) is 6.51. The quantitative estimate of drug-likeness (QED) is 0.168. The summed E-state index contributed by atoms with van der Waals surface area (Å²) in [7, 11) is 0. The average Bonchev–Trinajstić information content (AvgIpc) is 3.09. The van der Waals surface area contributed by atoms with Crippen LogP contribution in [0.4, 0.5) is 34.1 Å². The fourth-order valence-electron chi connectivity index (χ4n) is 6.51. The van der Waals surface area contributed by atoms with Gasteiger partial charge in [0.1, 0.15) is 0 Å². The van der Waals surface area contributed by atoms with Gasteiger partial charge in [-0.1, -0.05) is 98.3 Å². The lowest BCUT2D eigenvalue weighted by Gasteiger charge is -2.27. The summed E-state index contributed by atoms with van der Waals surface area (Å²) in [5, 5.41) is 5.24. The summed E-state index contributed by atoms with van der Waals surface area (Å²) < 4.78 is 0. The summed E-state index contributed by atoms with van der Waals surface area (Å²) in [6.07, 6.45) is 2.12. The minimum absolute atomic E-state index is 1.03. The zero-order valence-corrected chi connectivity index (χ0v) is 25.3. The van der Waals surface area contributed by atoms with E-state index in [0.29, 0.717) is 0 Å². The largest absolute Gasteiger partial charge is 0.310 e. The molecule has 2 nitrogen and oxygen atoms in total. The van der Waals surface area contributed by atoms with Crippen LogP contribution >= 0.6 is 0 Å². The second-order valence-electron chi connectivity index (χ2n) is 11.3. The van der Waals surface area contributed by atoms with Crippen molar-refractivity contribution in [2.75, 3.05) is 9.80 Å². The Bertz CT molecular complexity index is 1940. The van der Waals surface area contributed by atoms with E-state index >= 15 is 0 Å². The van der Waals surface area contributed by atoms with E-state index in [1.807, 2.05) is 0 Å². The van der Waals surface area contributed by atoms with Crippen LogP contribution in [0.3, 0.4) is 0 Å². The molecule has 44 heavy (non-hydrogen) atoms. The number of hydrogen-bond donors (Lipinski definition) is 0. The van der Waals surface area contributed by atoms with Crippen LogP contribution in [-0.4, -0.2) is 0 Å². The summed E-state index contributed by atoms with van der Waals surface area (Å²) in [6, 6.07) is 56.6. The van der Waals surface area contributed by atoms with Crippen LogP contribution in [0, 0.1) is 6.92 Å². The normalized spacial score (nSPS) is 11.1. The maximum atomic E-state index is 2.40. The standard InChI is InChI=1S/C42H36N2/c1-3-16-38-31(2)41-29-36(43(32-17-8-4-9-18-32)33-19-10-5-11-20-33)25-27-39(41)40-28-26-37(30-42(38)40)44(34-21-12-6-13-22-34)35-23-14-7-15-24-35/h4-15,17-30H,3,16H2,1-2H3. The highest BCUT2D eigenvalue weighted by Crippen LogP contribution is 2.42. The number of benzene rings is 7. The van der Waals surface area contributed by atoms with Crippen LogP contribution in [0.5, 0.6) is 0 Å². The maximum Gasteiger partial charge on any atom is 0.0468 e. The fraction of sp³-hybridized carbons (Fsp3) is 0.0952. The highest BCUT2D eigenvalue weighted by Gasteiger charge is 2.18. The lowest BCUT2D eigenvalue weighted by molar-refractivity contribution is 0.923. The van der Waals surface area contributed by atoms with Gasteiger partial charge in [0.15, 0.2) is 0 Å².